The Morgan fingerprint density at radius 2 is 1.64 bits per heavy atom. The van der Waals surface area contributed by atoms with Gasteiger partial charge in [-0.25, -0.2) is 9.97 Å². The van der Waals surface area contributed by atoms with E-state index in [2.05, 4.69) is 22.2 Å². The van der Waals surface area contributed by atoms with Crippen LogP contribution in [0.5, 0.6) is 11.5 Å². The Hall–Kier alpha value is -2.86. The molecule has 0 saturated carbocycles. The van der Waals surface area contributed by atoms with E-state index in [0.29, 0.717) is 17.1 Å². The van der Waals surface area contributed by atoms with Crippen LogP contribution in [-0.4, -0.2) is 28.7 Å². The highest BCUT2D eigenvalue weighted by molar-refractivity contribution is 5.92. The normalized spacial score (nSPS) is 8.96. The second kappa shape index (κ2) is 15.2. The van der Waals surface area contributed by atoms with Crippen molar-refractivity contribution in [3.05, 3.63) is 48.8 Å². The summed E-state index contributed by atoms with van der Waals surface area (Å²) in [5.74, 6) is 1.09. The summed E-state index contributed by atoms with van der Waals surface area (Å²) in [7, 11) is 1.51. The molecule has 1 heterocycles. The van der Waals surface area contributed by atoms with Crippen molar-refractivity contribution in [2.75, 3.05) is 19.0 Å². The van der Waals surface area contributed by atoms with Crippen LogP contribution >= 0.6 is 0 Å². The smallest absolute Gasteiger partial charge is 0.162 e. The zero-order valence-corrected chi connectivity index (χ0v) is 17.9. The van der Waals surface area contributed by atoms with Crippen molar-refractivity contribution in [1.29, 1.82) is 0 Å². The predicted octanol–water partition coefficient (Wildman–Crippen LogP) is 5.50. The molecule has 0 unspecified atom stereocenters. The van der Waals surface area contributed by atoms with Crippen molar-refractivity contribution < 1.29 is 9.84 Å². The van der Waals surface area contributed by atoms with Gasteiger partial charge in [-0.05, 0) is 31.2 Å². The van der Waals surface area contributed by atoms with Crippen molar-refractivity contribution in [2.24, 2.45) is 5.73 Å². The predicted molar refractivity (Wildman–Crippen MR) is 120 cm³/mol. The number of para-hydroxylation sites is 1. The lowest BCUT2D eigenvalue weighted by Crippen LogP contribution is -1.96. The van der Waals surface area contributed by atoms with Gasteiger partial charge >= 0.3 is 0 Å². The number of aromatic nitrogens is 2. The topological polar surface area (TPSA) is 93.3 Å². The van der Waals surface area contributed by atoms with E-state index in [4.69, 9.17) is 10.5 Å². The molecular formula is C22H34N4O2. The molecular weight excluding hydrogens is 352 g/mol. The number of benzene rings is 2. The van der Waals surface area contributed by atoms with Crippen LogP contribution in [0.2, 0.25) is 0 Å². The minimum Gasteiger partial charge on any atom is -0.504 e. The fourth-order valence-electron chi connectivity index (χ4n) is 1.99. The number of anilines is 2. The van der Waals surface area contributed by atoms with E-state index < -0.39 is 0 Å². The molecule has 6 heteroatoms. The van der Waals surface area contributed by atoms with Gasteiger partial charge < -0.3 is 20.9 Å². The van der Waals surface area contributed by atoms with Crippen molar-refractivity contribution in [1.82, 2.24) is 9.97 Å². The highest BCUT2D eigenvalue weighted by Crippen LogP contribution is 2.33. The molecule has 0 fully saturated rings. The SMILES string of the molecule is CC.CC.CCCN.COc1cc2ncnc(Nc3ccccc3)c2cc1O. The first kappa shape index (κ1) is 25.1. The molecule has 0 aliphatic heterocycles. The van der Waals surface area contributed by atoms with E-state index in [1.807, 2.05) is 58.0 Å². The van der Waals surface area contributed by atoms with Crippen molar-refractivity contribution in [3.63, 3.8) is 0 Å². The molecule has 0 amide bonds. The zero-order valence-electron chi connectivity index (χ0n) is 17.9. The maximum atomic E-state index is 9.89. The summed E-state index contributed by atoms with van der Waals surface area (Å²) in [6.45, 7) is 10.9. The molecule has 0 bridgehead atoms. The number of hydrogen-bond acceptors (Lipinski definition) is 6. The number of nitrogens with one attached hydrogen (secondary N) is 1. The van der Waals surface area contributed by atoms with Crippen LogP contribution in [0, 0.1) is 0 Å². The zero-order chi connectivity index (χ0) is 21.4. The molecule has 6 nitrogen and oxygen atoms in total. The van der Waals surface area contributed by atoms with Gasteiger partial charge in [0.15, 0.2) is 11.5 Å². The molecule has 0 atom stereocenters. The molecule has 154 valence electrons. The fraction of sp³-hybridized carbons (Fsp3) is 0.364. The maximum Gasteiger partial charge on any atom is 0.162 e. The number of phenolic OH excluding ortho intramolecular Hbond substituents is 1. The Labute approximate surface area is 168 Å². The van der Waals surface area contributed by atoms with Crippen LogP contribution in [-0.2, 0) is 0 Å². The van der Waals surface area contributed by atoms with Gasteiger partial charge in [0.1, 0.15) is 12.1 Å². The van der Waals surface area contributed by atoms with Crippen LogP contribution in [0.4, 0.5) is 11.5 Å². The lowest BCUT2D eigenvalue weighted by Gasteiger charge is -2.10. The van der Waals surface area contributed by atoms with Gasteiger partial charge in [-0.15, -0.1) is 0 Å². The summed E-state index contributed by atoms with van der Waals surface area (Å²) in [5, 5.41) is 13.8. The standard InChI is InChI=1S/C15H13N3O2.C3H9N.2C2H6/c1-20-14-8-12-11(7-13(14)19)15(17-9-16-12)18-10-5-3-2-4-6-10;1-2-3-4;2*1-2/h2-9,19H,1H3,(H,16,17,18);2-4H2,1H3;2*1-2H3. The molecule has 0 aliphatic rings. The number of aromatic hydroxyl groups is 1. The van der Waals surface area contributed by atoms with Crippen LogP contribution in [0.25, 0.3) is 10.9 Å². The number of nitrogens with zero attached hydrogens (tertiary/aromatic N) is 2. The molecule has 3 rings (SSSR count). The molecule has 28 heavy (non-hydrogen) atoms. The molecule has 0 radical (unpaired) electrons. The monoisotopic (exact) mass is 386 g/mol. The molecule has 2 aromatic carbocycles. The number of methoxy groups -OCH3 is 1. The number of fused-ring (bicyclic) bond motifs is 1. The van der Waals surface area contributed by atoms with Gasteiger partial charge in [0.05, 0.1) is 12.6 Å². The van der Waals surface area contributed by atoms with E-state index in [0.717, 1.165) is 24.0 Å². The average Bonchev–Trinajstić information content (AvgIpc) is 2.77. The average molecular weight is 387 g/mol. The summed E-state index contributed by atoms with van der Waals surface area (Å²) in [6, 6.07) is 13.0. The number of phenols is 1. The van der Waals surface area contributed by atoms with E-state index >= 15 is 0 Å². The molecule has 0 saturated heterocycles. The number of ether oxygens (including phenoxy) is 1. The van der Waals surface area contributed by atoms with Crippen LogP contribution in [0.1, 0.15) is 41.0 Å². The molecule has 0 aliphatic carbocycles. The number of nitrogens with two attached hydrogens (primary N) is 1. The minimum atomic E-state index is 0.0610. The van der Waals surface area contributed by atoms with Gasteiger partial charge in [-0.1, -0.05) is 52.8 Å². The van der Waals surface area contributed by atoms with Crippen LogP contribution < -0.4 is 15.8 Å². The highest BCUT2D eigenvalue weighted by atomic mass is 16.5. The Balaban J connectivity index is 0.000000797. The van der Waals surface area contributed by atoms with E-state index in [1.54, 1.807) is 12.1 Å². The number of hydrogen-bond donors (Lipinski definition) is 3. The summed E-state index contributed by atoms with van der Waals surface area (Å²) in [4.78, 5) is 8.42. The largest absolute Gasteiger partial charge is 0.504 e. The number of rotatable bonds is 4. The second-order valence-electron chi connectivity index (χ2n) is 5.04. The van der Waals surface area contributed by atoms with Gasteiger partial charge in [0.25, 0.3) is 0 Å². The molecule has 3 aromatic rings. The van der Waals surface area contributed by atoms with Gasteiger partial charge in [-0.2, -0.15) is 0 Å². The molecule has 1 aromatic heterocycles. The molecule has 0 spiro atoms. The van der Waals surface area contributed by atoms with Crippen molar-refractivity contribution in [2.45, 2.75) is 41.0 Å². The first-order valence-electron chi connectivity index (χ1n) is 9.73. The quantitative estimate of drug-likeness (QED) is 0.548. The third kappa shape index (κ3) is 7.80. The van der Waals surface area contributed by atoms with Crippen molar-refractivity contribution in [3.8, 4) is 11.5 Å². The van der Waals surface area contributed by atoms with Crippen molar-refractivity contribution >= 4 is 22.4 Å². The lowest BCUT2D eigenvalue weighted by atomic mass is 10.2. The first-order valence-corrected chi connectivity index (χ1v) is 9.73. The maximum absolute atomic E-state index is 9.89. The summed E-state index contributed by atoms with van der Waals surface area (Å²) < 4.78 is 5.08. The lowest BCUT2D eigenvalue weighted by molar-refractivity contribution is 0.374. The fourth-order valence-corrected chi connectivity index (χ4v) is 1.99. The van der Waals surface area contributed by atoms with E-state index in [1.165, 1.54) is 13.4 Å². The summed E-state index contributed by atoms with van der Waals surface area (Å²) in [6.07, 6.45) is 2.57. The van der Waals surface area contributed by atoms with E-state index in [9.17, 15) is 5.11 Å². The Bertz CT molecular complexity index is 778. The second-order valence-corrected chi connectivity index (χ2v) is 5.04. The first-order chi connectivity index (χ1) is 13.7. The van der Waals surface area contributed by atoms with Gasteiger partial charge in [-0.3, -0.25) is 0 Å². The third-order valence-corrected chi connectivity index (χ3v) is 3.26. The summed E-state index contributed by atoms with van der Waals surface area (Å²) in [5.41, 5.74) is 6.65. The van der Waals surface area contributed by atoms with Crippen LogP contribution in [0.3, 0.4) is 0 Å². The Morgan fingerprint density at radius 3 is 2.18 bits per heavy atom. The molecule has 4 N–H and O–H groups in total. The van der Waals surface area contributed by atoms with Gasteiger partial charge in [0, 0.05) is 17.1 Å². The van der Waals surface area contributed by atoms with E-state index in [-0.39, 0.29) is 5.75 Å². The summed E-state index contributed by atoms with van der Waals surface area (Å²) >= 11 is 0. The third-order valence-electron chi connectivity index (χ3n) is 3.26. The van der Waals surface area contributed by atoms with Gasteiger partial charge in [0.2, 0.25) is 0 Å². The van der Waals surface area contributed by atoms with Crippen LogP contribution in [0.15, 0.2) is 48.8 Å². The minimum absolute atomic E-state index is 0.0610. The highest BCUT2D eigenvalue weighted by Gasteiger charge is 2.09. The Morgan fingerprint density at radius 1 is 1.04 bits per heavy atom. The Kier molecular flexibility index (Phi) is 13.7.